The van der Waals surface area contributed by atoms with Crippen LogP contribution in [0.15, 0.2) is 54.7 Å². The largest absolute Gasteiger partial charge is 0.397 e. The Morgan fingerprint density at radius 2 is 2.03 bits per heavy atom. The van der Waals surface area contributed by atoms with Crippen molar-refractivity contribution >= 4 is 34.2 Å². The summed E-state index contributed by atoms with van der Waals surface area (Å²) >= 11 is 0. The summed E-state index contributed by atoms with van der Waals surface area (Å²) in [6.07, 6.45) is 2.80. The molecule has 2 aromatic carbocycles. The zero-order chi connectivity index (χ0) is 21.5. The maximum atomic E-state index is 12.1. The molecule has 4 aromatic rings. The number of nitrogens with one attached hydrogen (secondary N) is 2. The fraction of sp³-hybridized carbons (Fsp3) is 0.130. The predicted molar refractivity (Wildman–Crippen MR) is 119 cm³/mol. The van der Waals surface area contributed by atoms with Crippen LogP contribution in [0.2, 0.25) is 0 Å². The van der Waals surface area contributed by atoms with E-state index >= 15 is 0 Å². The lowest BCUT2D eigenvalue weighted by atomic mass is 10.0. The molecule has 0 radical (unpaired) electrons. The van der Waals surface area contributed by atoms with Crippen LogP contribution in [0, 0.1) is 0 Å². The highest BCUT2D eigenvalue weighted by molar-refractivity contribution is 5.98. The average Bonchev–Trinajstić information content (AvgIpc) is 3.17. The second kappa shape index (κ2) is 7.24. The number of hydrogen-bond acceptors (Lipinski definition) is 5. The number of carbonyl (C=O) groups excluding carboxylic acids is 2. The maximum absolute atomic E-state index is 12.1. The molecule has 0 saturated carbocycles. The summed E-state index contributed by atoms with van der Waals surface area (Å²) in [6, 6.07) is 14.8. The second-order valence-corrected chi connectivity index (χ2v) is 7.38. The van der Waals surface area contributed by atoms with E-state index in [9.17, 15) is 9.59 Å². The Morgan fingerprint density at radius 3 is 2.84 bits per heavy atom. The van der Waals surface area contributed by atoms with E-state index in [1.807, 2.05) is 28.8 Å². The monoisotopic (exact) mass is 412 g/mol. The lowest BCUT2D eigenvalue weighted by Crippen LogP contribution is -2.19. The van der Waals surface area contributed by atoms with Crippen LogP contribution in [-0.2, 0) is 11.2 Å². The number of anilines is 2. The molecule has 31 heavy (non-hydrogen) atoms. The van der Waals surface area contributed by atoms with Gasteiger partial charge < -0.3 is 16.4 Å². The third kappa shape index (κ3) is 3.18. The third-order valence-corrected chi connectivity index (χ3v) is 5.44. The number of nitrogens with two attached hydrogens (primary N) is 1. The molecule has 0 fully saturated rings. The van der Waals surface area contributed by atoms with Gasteiger partial charge in [-0.3, -0.25) is 19.1 Å². The molecular weight excluding hydrogens is 392 g/mol. The normalized spacial score (nSPS) is 13.0. The molecule has 8 nitrogen and oxygen atoms in total. The first-order chi connectivity index (χ1) is 15.0. The van der Waals surface area contributed by atoms with Gasteiger partial charge in [0.05, 0.1) is 16.7 Å². The number of nitrogen functional groups attached to an aromatic ring is 1. The zero-order valence-corrected chi connectivity index (χ0v) is 16.8. The Hall–Kier alpha value is -4.20. The van der Waals surface area contributed by atoms with E-state index in [1.165, 1.54) is 0 Å². The van der Waals surface area contributed by atoms with Crippen LogP contribution >= 0.6 is 0 Å². The molecular formula is C23H20N6O2. The number of rotatable bonds is 3. The molecule has 154 valence electrons. The molecule has 3 heterocycles. The molecule has 0 bridgehead atoms. The van der Waals surface area contributed by atoms with Crippen molar-refractivity contribution in [3.8, 4) is 17.2 Å². The number of nitrogens with zero attached hydrogens (tertiary/aromatic N) is 3. The summed E-state index contributed by atoms with van der Waals surface area (Å²) in [7, 11) is 1.59. The van der Waals surface area contributed by atoms with Crippen molar-refractivity contribution in [3.63, 3.8) is 0 Å². The molecule has 0 spiro atoms. The lowest BCUT2D eigenvalue weighted by molar-refractivity contribution is -0.116. The fourth-order valence-corrected chi connectivity index (χ4v) is 3.90. The average molecular weight is 412 g/mol. The number of amides is 2. The van der Waals surface area contributed by atoms with Gasteiger partial charge in [0.15, 0.2) is 5.82 Å². The van der Waals surface area contributed by atoms with E-state index in [0.717, 1.165) is 22.5 Å². The van der Waals surface area contributed by atoms with Crippen LogP contribution in [-0.4, -0.2) is 33.4 Å². The first-order valence-corrected chi connectivity index (χ1v) is 9.94. The van der Waals surface area contributed by atoms with Crippen molar-refractivity contribution in [3.05, 3.63) is 65.9 Å². The minimum atomic E-state index is -0.181. The van der Waals surface area contributed by atoms with E-state index in [4.69, 9.17) is 10.7 Å². The molecule has 8 heteroatoms. The van der Waals surface area contributed by atoms with Gasteiger partial charge in [-0.05, 0) is 60.5 Å². The van der Waals surface area contributed by atoms with Crippen LogP contribution in [0.25, 0.3) is 28.2 Å². The van der Waals surface area contributed by atoms with Gasteiger partial charge in [0.25, 0.3) is 5.91 Å². The summed E-state index contributed by atoms with van der Waals surface area (Å²) in [5, 5.41) is 5.55. The molecule has 0 aliphatic carbocycles. The van der Waals surface area contributed by atoms with Crippen LogP contribution in [0.1, 0.15) is 22.3 Å². The quantitative estimate of drug-likeness (QED) is 0.479. The Balaban J connectivity index is 1.76. The first kappa shape index (κ1) is 18.8. The number of pyridine rings is 1. The van der Waals surface area contributed by atoms with Crippen LogP contribution < -0.4 is 16.4 Å². The molecule has 2 amide bonds. The summed E-state index contributed by atoms with van der Waals surface area (Å²) < 4.78 is 1.98. The van der Waals surface area contributed by atoms with Gasteiger partial charge in [0, 0.05) is 36.6 Å². The minimum absolute atomic E-state index is 0.0250. The van der Waals surface area contributed by atoms with Gasteiger partial charge in [-0.2, -0.15) is 0 Å². The Kier molecular flexibility index (Phi) is 4.39. The summed E-state index contributed by atoms with van der Waals surface area (Å²) in [6.45, 7) is 0. The number of benzene rings is 2. The van der Waals surface area contributed by atoms with Gasteiger partial charge in [-0.15, -0.1) is 0 Å². The van der Waals surface area contributed by atoms with Gasteiger partial charge in [0.2, 0.25) is 5.91 Å². The number of carbonyl (C=O) groups is 2. The first-order valence-electron chi connectivity index (χ1n) is 9.94. The molecule has 0 saturated heterocycles. The zero-order valence-electron chi connectivity index (χ0n) is 16.8. The van der Waals surface area contributed by atoms with Crippen LogP contribution in [0.4, 0.5) is 11.4 Å². The number of aryl methyl sites for hydroxylation is 1. The van der Waals surface area contributed by atoms with Crippen molar-refractivity contribution in [1.82, 2.24) is 19.9 Å². The molecule has 4 N–H and O–H groups in total. The number of hydrogen-bond donors (Lipinski definition) is 3. The molecule has 0 atom stereocenters. The molecule has 5 rings (SSSR count). The van der Waals surface area contributed by atoms with Gasteiger partial charge in [-0.1, -0.05) is 0 Å². The van der Waals surface area contributed by atoms with Crippen molar-refractivity contribution < 1.29 is 9.59 Å². The van der Waals surface area contributed by atoms with E-state index < -0.39 is 0 Å². The molecule has 0 unspecified atom stereocenters. The standard InChI is InChI=1S/C23H20N6O2/c1-25-23(31)14-4-8-19-18(12-14)28-22(21-16(24)3-2-10-26-21)29(19)15-6-7-17-13(11-15)5-9-20(30)27-17/h2-4,6-8,10-12H,5,9,24H2,1H3,(H,25,31)(H,27,30). The summed E-state index contributed by atoms with van der Waals surface area (Å²) in [4.78, 5) is 33.1. The predicted octanol–water partition coefficient (Wildman–Crippen LogP) is 2.91. The summed E-state index contributed by atoms with van der Waals surface area (Å²) in [5.41, 5.74) is 12.1. The Bertz CT molecular complexity index is 1360. The number of fused-ring (bicyclic) bond motifs is 2. The Morgan fingerprint density at radius 1 is 1.16 bits per heavy atom. The summed E-state index contributed by atoms with van der Waals surface area (Å²) in [5.74, 6) is 0.429. The molecule has 1 aliphatic heterocycles. The van der Waals surface area contributed by atoms with Crippen molar-refractivity contribution in [2.45, 2.75) is 12.8 Å². The van der Waals surface area contributed by atoms with Gasteiger partial charge >= 0.3 is 0 Å². The van der Waals surface area contributed by atoms with Crippen molar-refractivity contribution in [2.75, 3.05) is 18.1 Å². The van der Waals surface area contributed by atoms with Crippen molar-refractivity contribution in [1.29, 1.82) is 0 Å². The minimum Gasteiger partial charge on any atom is -0.397 e. The van der Waals surface area contributed by atoms with Gasteiger partial charge in [-0.25, -0.2) is 4.98 Å². The van der Waals surface area contributed by atoms with E-state index in [-0.39, 0.29) is 11.8 Å². The maximum Gasteiger partial charge on any atom is 0.251 e. The van der Waals surface area contributed by atoms with E-state index in [2.05, 4.69) is 15.6 Å². The lowest BCUT2D eigenvalue weighted by Gasteiger charge is -2.19. The van der Waals surface area contributed by atoms with Crippen LogP contribution in [0.5, 0.6) is 0 Å². The highest BCUT2D eigenvalue weighted by Gasteiger charge is 2.21. The number of imidazole rings is 1. The van der Waals surface area contributed by atoms with Crippen LogP contribution in [0.3, 0.4) is 0 Å². The SMILES string of the molecule is CNC(=O)c1ccc2c(c1)nc(-c1ncccc1N)n2-c1ccc2c(c1)CCC(=O)N2. The van der Waals surface area contributed by atoms with E-state index in [1.54, 1.807) is 37.5 Å². The highest BCUT2D eigenvalue weighted by Crippen LogP contribution is 2.33. The smallest absolute Gasteiger partial charge is 0.251 e. The van der Waals surface area contributed by atoms with Crippen molar-refractivity contribution in [2.24, 2.45) is 0 Å². The number of aromatic nitrogens is 3. The fourth-order valence-electron chi connectivity index (χ4n) is 3.90. The van der Waals surface area contributed by atoms with E-state index in [0.29, 0.717) is 41.1 Å². The third-order valence-electron chi connectivity index (χ3n) is 5.44. The highest BCUT2D eigenvalue weighted by atomic mass is 16.2. The van der Waals surface area contributed by atoms with Gasteiger partial charge in [0.1, 0.15) is 5.69 Å². The Labute approximate surface area is 178 Å². The second-order valence-electron chi connectivity index (χ2n) is 7.38. The molecule has 1 aliphatic rings. The topological polar surface area (TPSA) is 115 Å². The molecule has 2 aromatic heterocycles.